The van der Waals surface area contributed by atoms with Crippen molar-refractivity contribution in [3.63, 3.8) is 0 Å². The SMILES string of the molecule is CCCCCCCCCCCCc1cccc(-c2nc(S(=O)(=O)N(C)c3ccc(C)cc3)c3n2CON3)c1. The van der Waals surface area contributed by atoms with E-state index in [1.807, 2.05) is 31.2 Å². The standard InChI is InChI=1S/C30H42N4O3S/c1-4-5-6-7-8-9-10-11-12-13-15-25-16-14-17-26(22-25)28-31-30(29-32-37-23-34(28)29)38(35,36)33(3)27-20-18-24(2)19-21-27/h14,16-22,32H,4-13,15,23H2,1-3H3. The monoisotopic (exact) mass is 538 g/mol. The summed E-state index contributed by atoms with van der Waals surface area (Å²) in [4.78, 5) is 10.0. The maximum absolute atomic E-state index is 13.6. The van der Waals surface area contributed by atoms with Gasteiger partial charge in [0.2, 0.25) is 5.03 Å². The number of unbranched alkanes of at least 4 members (excludes halogenated alkanes) is 9. The first-order valence-corrected chi connectivity index (χ1v) is 15.5. The van der Waals surface area contributed by atoms with Crippen molar-refractivity contribution in [1.82, 2.24) is 9.55 Å². The first kappa shape index (κ1) is 28.2. The summed E-state index contributed by atoms with van der Waals surface area (Å²) in [6.07, 6.45) is 14.2. The number of anilines is 2. The van der Waals surface area contributed by atoms with Crippen molar-refractivity contribution >= 4 is 21.5 Å². The molecule has 0 fully saturated rings. The van der Waals surface area contributed by atoms with Crippen molar-refractivity contribution in [2.75, 3.05) is 16.8 Å². The first-order valence-electron chi connectivity index (χ1n) is 14.0. The second-order valence-corrected chi connectivity index (χ2v) is 12.2. The van der Waals surface area contributed by atoms with Crippen LogP contribution in [0.4, 0.5) is 11.5 Å². The second-order valence-electron chi connectivity index (χ2n) is 10.3. The van der Waals surface area contributed by atoms with Gasteiger partial charge < -0.3 is 0 Å². The van der Waals surface area contributed by atoms with Gasteiger partial charge in [0.1, 0.15) is 5.82 Å². The van der Waals surface area contributed by atoms with Crippen LogP contribution in [0.1, 0.15) is 82.3 Å². The molecule has 206 valence electrons. The fraction of sp³-hybridized carbons (Fsp3) is 0.500. The van der Waals surface area contributed by atoms with Crippen molar-refractivity contribution in [3.05, 3.63) is 59.7 Å². The Hall–Kier alpha value is -2.84. The average Bonchev–Trinajstić information content (AvgIpc) is 3.53. The molecule has 3 aromatic rings. The number of nitrogens with zero attached hydrogens (tertiary/aromatic N) is 3. The van der Waals surface area contributed by atoms with E-state index in [9.17, 15) is 8.42 Å². The zero-order valence-electron chi connectivity index (χ0n) is 23.1. The van der Waals surface area contributed by atoms with Gasteiger partial charge in [-0.15, -0.1) is 0 Å². The fourth-order valence-electron chi connectivity index (χ4n) is 4.93. The number of fused-ring (bicyclic) bond motifs is 1. The van der Waals surface area contributed by atoms with Crippen LogP contribution < -0.4 is 9.79 Å². The van der Waals surface area contributed by atoms with Crippen molar-refractivity contribution in [2.24, 2.45) is 0 Å². The molecule has 0 amide bonds. The second kappa shape index (κ2) is 13.3. The quantitative estimate of drug-likeness (QED) is 0.203. The summed E-state index contributed by atoms with van der Waals surface area (Å²) < 4.78 is 30.2. The molecule has 4 rings (SSSR count). The molecule has 1 aliphatic rings. The largest absolute Gasteiger partial charge is 0.285 e. The molecule has 2 aromatic carbocycles. The Bertz CT molecular complexity index is 1290. The lowest BCUT2D eigenvalue weighted by molar-refractivity contribution is 0.165. The molecule has 0 saturated carbocycles. The Kier molecular flexibility index (Phi) is 9.86. The summed E-state index contributed by atoms with van der Waals surface area (Å²) in [5.74, 6) is 0.949. The number of nitrogens with one attached hydrogen (secondary N) is 1. The van der Waals surface area contributed by atoms with Crippen molar-refractivity contribution in [1.29, 1.82) is 0 Å². The highest BCUT2D eigenvalue weighted by atomic mass is 32.2. The summed E-state index contributed by atoms with van der Waals surface area (Å²) >= 11 is 0. The Morgan fingerprint density at radius 2 is 1.61 bits per heavy atom. The third-order valence-corrected chi connectivity index (χ3v) is 9.01. The van der Waals surface area contributed by atoms with Crippen LogP contribution in [0, 0.1) is 6.92 Å². The number of imidazole rings is 1. The van der Waals surface area contributed by atoms with Gasteiger partial charge in [0.25, 0.3) is 10.0 Å². The number of aromatic nitrogens is 2. The molecular formula is C30H42N4O3S. The highest BCUT2D eigenvalue weighted by Crippen LogP contribution is 2.35. The minimum absolute atomic E-state index is 0.0341. The highest BCUT2D eigenvalue weighted by molar-refractivity contribution is 7.92. The number of aryl methyl sites for hydroxylation is 2. The molecule has 0 bridgehead atoms. The summed E-state index contributed by atoms with van der Waals surface area (Å²) in [5.41, 5.74) is 6.54. The molecule has 1 aliphatic heterocycles. The van der Waals surface area contributed by atoms with Gasteiger partial charge in [0.15, 0.2) is 12.5 Å². The molecule has 38 heavy (non-hydrogen) atoms. The number of rotatable bonds is 15. The lowest BCUT2D eigenvalue weighted by Crippen LogP contribution is -2.27. The third kappa shape index (κ3) is 6.77. The number of benzene rings is 2. The fourth-order valence-corrected chi connectivity index (χ4v) is 6.18. The smallest absolute Gasteiger partial charge is 0.281 e. The van der Waals surface area contributed by atoms with Gasteiger partial charge in [0.05, 0.1) is 5.69 Å². The molecule has 0 atom stereocenters. The average molecular weight is 539 g/mol. The predicted molar refractivity (Wildman–Crippen MR) is 155 cm³/mol. The zero-order valence-corrected chi connectivity index (χ0v) is 23.9. The maximum Gasteiger partial charge on any atom is 0.285 e. The van der Waals surface area contributed by atoms with E-state index in [0.717, 1.165) is 24.0 Å². The third-order valence-electron chi connectivity index (χ3n) is 7.30. The summed E-state index contributed by atoms with van der Waals surface area (Å²) in [6, 6.07) is 15.7. The summed E-state index contributed by atoms with van der Waals surface area (Å²) in [7, 11) is -2.35. The van der Waals surface area contributed by atoms with Gasteiger partial charge in [-0.3, -0.25) is 13.7 Å². The molecule has 0 saturated heterocycles. The lowest BCUT2D eigenvalue weighted by atomic mass is 10.0. The van der Waals surface area contributed by atoms with E-state index in [-0.39, 0.29) is 11.8 Å². The molecule has 1 N–H and O–H groups in total. The van der Waals surface area contributed by atoms with E-state index < -0.39 is 10.0 Å². The summed E-state index contributed by atoms with van der Waals surface area (Å²) in [5, 5.41) is -0.0341. The molecule has 0 aliphatic carbocycles. The van der Waals surface area contributed by atoms with Crippen molar-refractivity contribution < 1.29 is 13.3 Å². The molecule has 7 nitrogen and oxygen atoms in total. The normalized spacial score (nSPS) is 12.9. The van der Waals surface area contributed by atoms with Crippen molar-refractivity contribution in [3.8, 4) is 11.4 Å². The van der Waals surface area contributed by atoms with Crippen LogP contribution in [0.3, 0.4) is 0 Å². The van der Waals surface area contributed by atoms with E-state index in [1.165, 1.54) is 67.7 Å². The molecule has 0 unspecified atom stereocenters. The molecule has 0 radical (unpaired) electrons. The Morgan fingerprint density at radius 3 is 2.29 bits per heavy atom. The van der Waals surface area contributed by atoms with Gasteiger partial charge in [-0.1, -0.05) is 101 Å². The minimum Gasteiger partial charge on any atom is -0.281 e. The number of hydrogen-bond acceptors (Lipinski definition) is 5. The minimum atomic E-state index is -3.90. The van der Waals surface area contributed by atoms with E-state index in [0.29, 0.717) is 17.3 Å². The number of hydrogen-bond donors (Lipinski definition) is 1. The van der Waals surface area contributed by atoms with Crippen molar-refractivity contribution in [2.45, 2.75) is 96.2 Å². The van der Waals surface area contributed by atoms with Crippen LogP contribution in [0.2, 0.25) is 0 Å². The summed E-state index contributed by atoms with van der Waals surface area (Å²) in [6.45, 7) is 4.43. The van der Waals surface area contributed by atoms with E-state index in [4.69, 9.17) is 4.84 Å². The van der Waals surface area contributed by atoms with E-state index >= 15 is 0 Å². The van der Waals surface area contributed by atoms with Crippen LogP contribution in [0.15, 0.2) is 53.6 Å². The van der Waals surface area contributed by atoms with Crippen LogP contribution in [-0.2, 0) is 28.0 Å². The molecule has 1 aromatic heterocycles. The first-order chi connectivity index (χ1) is 18.4. The van der Waals surface area contributed by atoms with Gasteiger partial charge in [-0.2, -0.15) is 8.42 Å². The lowest BCUT2D eigenvalue weighted by Gasteiger charge is -2.18. The van der Waals surface area contributed by atoms with Gasteiger partial charge in [-0.25, -0.2) is 10.5 Å². The molecular weight excluding hydrogens is 496 g/mol. The number of sulfonamides is 1. The predicted octanol–water partition coefficient (Wildman–Crippen LogP) is 7.46. The molecule has 0 spiro atoms. The van der Waals surface area contributed by atoms with Gasteiger partial charge >= 0.3 is 0 Å². The van der Waals surface area contributed by atoms with Crippen LogP contribution in [0.25, 0.3) is 11.4 Å². The van der Waals surface area contributed by atoms with Crippen LogP contribution in [-0.4, -0.2) is 25.0 Å². The zero-order chi connectivity index (χ0) is 27.0. The van der Waals surface area contributed by atoms with Crippen LogP contribution >= 0.6 is 0 Å². The maximum atomic E-state index is 13.6. The Morgan fingerprint density at radius 1 is 0.947 bits per heavy atom. The van der Waals surface area contributed by atoms with Gasteiger partial charge in [-0.05, 0) is 43.5 Å². The van der Waals surface area contributed by atoms with Crippen LogP contribution in [0.5, 0.6) is 0 Å². The highest BCUT2D eigenvalue weighted by Gasteiger charge is 2.34. The molecule has 2 heterocycles. The Balaban J connectivity index is 1.40. The van der Waals surface area contributed by atoms with Gasteiger partial charge in [0, 0.05) is 12.6 Å². The topological polar surface area (TPSA) is 76.5 Å². The van der Waals surface area contributed by atoms with E-state index in [1.54, 1.807) is 23.7 Å². The molecule has 8 heteroatoms. The Labute approximate surface area is 228 Å². The van der Waals surface area contributed by atoms with E-state index in [2.05, 4.69) is 29.5 Å².